The van der Waals surface area contributed by atoms with Gasteiger partial charge < -0.3 is 19.7 Å². The number of hydrogen-bond acceptors (Lipinski definition) is 10. The lowest BCUT2D eigenvalue weighted by Gasteiger charge is -2.31. The van der Waals surface area contributed by atoms with E-state index in [1.165, 1.54) is 27.8 Å². The lowest BCUT2D eigenvalue weighted by molar-refractivity contribution is -0.0526. The van der Waals surface area contributed by atoms with Crippen molar-refractivity contribution in [3.05, 3.63) is 60.4 Å². The van der Waals surface area contributed by atoms with Gasteiger partial charge in [0.15, 0.2) is 11.5 Å². The van der Waals surface area contributed by atoms with Crippen molar-refractivity contribution in [2.24, 2.45) is 0 Å². The summed E-state index contributed by atoms with van der Waals surface area (Å²) in [6.45, 7) is -6.43. The first-order valence-electron chi connectivity index (χ1n) is 14.3. The number of halogens is 4. The summed E-state index contributed by atoms with van der Waals surface area (Å²) >= 11 is 0. The highest BCUT2D eigenvalue weighted by molar-refractivity contribution is 6.09. The van der Waals surface area contributed by atoms with Crippen LogP contribution >= 0.6 is 0 Å². The number of carbonyl (C=O) groups excluding carboxylic acids is 1. The molecular weight excluding hydrogens is 614 g/mol. The van der Waals surface area contributed by atoms with Gasteiger partial charge in [-0.25, -0.2) is 9.50 Å². The van der Waals surface area contributed by atoms with Crippen molar-refractivity contribution in [2.75, 3.05) is 19.4 Å². The molecule has 1 amide bonds. The van der Waals surface area contributed by atoms with Gasteiger partial charge in [-0.05, 0) is 69.3 Å². The minimum Gasteiger partial charge on any atom is -0.435 e. The Balaban J connectivity index is 1.33. The van der Waals surface area contributed by atoms with Crippen molar-refractivity contribution in [2.45, 2.75) is 57.5 Å². The molecule has 14 nitrogen and oxygen atoms in total. The molecule has 242 valence electrons. The second-order valence-corrected chi connectivity index (χ2v) is 10.9. The predicted octanol–water partition coefficient (Wildman–Crippen LogP) is 4.13. The molecule has 4 aromatic heterocycles. The fraction of sp³-hybridized carbons (Fsp3) is 0.393. The Bertz CT molecular complexity index is 1820. The molecule has 0 atom stereocenters. The van der Waals surface area contributed by atoms with E-state index in [9.17, 15) is 22.4 Å². The van der Waals surface area contributed by atoms with Crippen molar-refractivity contribution in [3.8, 4) is 22.8 Å². The second kappa shape index (κ2) is 13.1. The molecule has 0 radical (unpaired) electrons. The molecule has 0 unspecified atom stereocenters. The van der Waals surface area contributed by atoms with Crippen LogP contribution < -0.4 is 14.8 Å². The Labute approximate surface area is 258 Å². The standard InChI is InChI=1S/C28H29F4N11O3/c1-40(2)16-4-6-17(7-5-16)43-37-23(36-39-43)15-41-14-21(35-26(44)20-13-34-42-11-3-10-33-25(20)42)24(38-41)19-12-18(45-27(29)30)8-9-22(19)46-28(31)32/h3,8-14,16-17,27-28H,4-7,15H2,1-2H3,(H,35,44). The number of hydrogen-bond donors (Lipinski definition) is 1. The number of carbonyl (C=O) groups is 1. The highest BCUT2D eigenvalue weighted by Crippen LogP contribution is 2.38. The van der Waals surface area contributed by atoms with Crippen molar-refractivity contribution in [3.63, 3.8) is 0 Å². The average molecular weight is 644 g/mol. The predicted molar refractivity (Wildman–Crippen MR) is 154 cm³/mol. The van der Waals surface area contributed by atoms with E-state index in [0.717, 1.165) is 43.9 Å². The van der Waals surface area contributed by atoms with E-state index in [4.69, 9.17) is 0 Å². The van der Waals surface area contributed by atoms with Crippen LogP contribution in [0.3, 0.4) is 0 Å². The smallest absolute Gasteiger partial charge is 0.387 e. The number of aromatic nitrogens is 9. The van der Waals surface area contributed by atoms with E-state index < -0.39 is 19.1 Å². The van der Waals surface area contributed by atoms with Gasteiger partial charge in [0, 0.05) is 24.6 Å². The summed E-state index contributed by atoms with van der Waals surface area (Å²) in [4.78, 5) is 21.4. The van der Waals surface area contributed by atoms with Crippen LogP contribution in [0, 0.1) is 0 Å². The number of benzene rings is 1. The van der Waals surface area contributed by atoms with Crippen LogP contribution in [0.5, 0.6) is 11.5 Å². The summed E-state index contributed by atoms with van der Waals surface area (Å²) < 4.78 is 64.8. The van der Waals surface area contributed by atoms with E-state index in [0.29, 0.717) is 11.9 Å². The van der Waals surface area contributed by atoms with Gasteiger partial charge in [-0.15, -0.1) is 10.2 Å². The van der Waals surface area contributed by atoms with Gasteiger partial charge in [-0.3, -0.25) is 9.48 Å². The lowest BCUT2D eigenvalue weighted by atomic mass is 9.91. The quantitative estimate of drug-likeness (QED) is 0.209. The first-order valence-corrected chi connectivity index (χ1v) is 14.3. The number of tetrazole rings is 1. The summed E-state index contributed by atoms with van der Waals surface area (Å²) in [7, 11) is 4.12. The van der Waals surface area contributed by atoms with Crippen molar-refractivity contribution < 1.29 is 31.8 Å². The number of alkyl halides is 4. The third-order valence-corrected chi connectivity index (χ3v) is 7.68. The maximum absolute atomic E-state index is 13.4. The zero-order valence-electron chi connectivity index (χ0n) is 24.7. The topological polar surface area (TPSA) is 142 Å². The molecule has 1 N–H and O–H groups in total. The molecule has 4 heterocycles. The fourth-order valence-corrected chi connectivity index (χ4v) is 5.46. The highest BCUT2D eigenvalue weighted by Gasteiger charge is 2.26. The Morgan fingerprint density at radius 1 is 1.09 bits per heavy atom. The summed E-state index contributed by atoms with van der Waals surface area (Å²) in [6, 6.07) is 5.41. The molecule has 18 heteroatoms. The summed E-state index contributed by atoms with van der Waals surface area (Å²) in [6.07, 6.45) is 9.64. The molecule has 6 rings (SSSR count). The number of nitrogens with one attached hydrogen (secondary N) is 1. The summed E-state index contributed by atoms with van der Waals surface area (Å²) in [5.74, 6) is -1.04. The van der Waals surface area contributed by atoms with E-state index in [-0.39, 0.29) is 52.2 Å². The van der Waals surface area contributed by atoms with Crippen LogP contribution in [0.15, 0.2) is 49.1 Å². The second-order valence-electron chi connectivity index (χ2n) is 10.9. The van der Waals surface area contributed by atoms with Gasteiger partial charge in [0.05, 0.1) is 23.5 Å². The normalized spacial score (nSPS) is 16.9. The molecular formula is C28H29F4N11O3. The third kappa shape index (κ3) is 6.75. The van der Waals surface area contributed by atoms with Crippen LogP contribution in [0.1, 0.15) is 47.9 Å². The Kier molecular flexibility index (Phi) is 8.78. The van der Waals surface area contributed by atoms with Gasteiger partial charge in [0.25, 0.3) is 5.91 Å². The molecule has 0 saturated heterocycles. The van der Waals surface area contributed by atoms with Gasteiger partial charge in [0.1, 0.15) is 29.3 Å². The minimum absolute atomic E-state index is 0.00749. The fourth-order valence-electron chi connectivity index (χ4n) is 5.46. The van der Waals surface area contributed by atoms with Crippen molar-refractivity contribution in [1.29, 1.82) is 0 Å². The molecule has 5 aromatic rings. The van der Waals surface area contributed by atoms with Crippen LogP contribution in [0.25, 0.3) is 16.9 Å². The first-order chi connectivity index (χ1) is 22.1. The molecule has 1 saturated carbocycles. The first kappa shape index (κ1) is 30.9. The monoisotopic (exact) mass is 643 g/mol. The molecule has 0 spiro atoms. The number of fused-ring (bicyclic) bond motifs is 1. The molecule has 46 heavy (non-hydrogen) atoms. The minimum atomic E-state index is -3.24. The van der Waals surface area contributed by atoms with Crippen LogP contribution in [-0.2, 0) is 6.54 Å². The summed E-state index contributed by atoms with van der Waals surface area (Å²) in [5.41, 5.74) is 0.223. The maximum Gasteiger partial charge on any atom is 0.387 e. The van der Waals surface area contributed by atoms with Gasteiger partial charge in [-0.2, -0.15) is 32.6 Å². The van der Waals surface area contributed by atoms with E-state index in [2.05, 4.69) is 64.4 Å². The largest absolute Gasteiger partial charge is 0.435 e. The number of rotatable bonds is 11. The number of ether oxygens (including phenoxy) is 2. The highest BCUT2D eigenvalue weighted by atomic mass is 19.3. The lowest BCUT2D eigenvalue weighted by Crippen LogP contribution is -2.33. The molecule has 0 aliphatic heterocycles. The number of anilines is 1. The Morgan fingerprint density at radius 2 is 1.87 bits per heavy atom. The molecule has 1 aliphatic carbocycles. The van der Waals surface area contributed by atoms with E-state index in [1.807, 2.05) is 0 Å². The number of amides is 1. The molecule has 1 aliphatic rings. The van der Waals surface area contributed by atoms with E-state index >= 15 is 0 Å². The van der Waals surface area contributed by atoms with Gasteiger partial charge >= 0.3 is 13.2 Å². The average Bonchev–Trinajstić information content (AvgIpc) is 3.76. The number of nitrogens with zero attached hydrogens (tertiary/aromatic N) is 10. The Morgan fingerprint density at radius 3 is 2.61 bits per heavy atom. The Hall–Kier alpha value is -5.13. The SMILES string of the molecule is CN(C)C1CCC(n2nnc(Cn3cc(NC(=O)c4cnn5cccnc45)c(-c4cc(OC(F)F)ccc4OC(F)F)n3)n2)CC1. The van der Waals surface area contributed by atoms with Crippen molar-refractivity contribution in [1.82, 2.24) is 49.5 Å². The third-order valence-electron chi connectivity index (χ3n) is 7.68. The van der Waals surface area contributed by atoms with Gasteiger partial charge in [-0.1, -0.05) is 0 Å². The van der Waals surface area contributed by atoms with Crippen LogP contribution in [-0.4, -0.2) is 88.8 Å². The zero-order chi connectivity index (χ0) is 32.4. The molecule has 1 fully saturated rings. The van der Waals surface area contributed by atoms with Gasteiger partial charge in [0.2, 0.25) is 0 Å². The zero-order valence-corrected chi connectivity index (χ0v) is 24.7. The molecule has 1 aromatic carbocycles. The van der Waals surface area contributed by atoms with Crippen LogP contribution in [0.2, 0.25) is 0 Å². The summed E-state index contributed by atoms with van der Waals surface area (Å²) in [5, 5.41) is 24.2. The van der Waals surface area contributed by atoms with E-state index in [1.54, 1.807) is 17.1 Å². The van der Waals surface area contributed by atoms with Crippen molar-refractivity contribution >= 4 is 17.2 Å². The molecule has 0 bridgehead atoms. The maximum atomic E-state index is 13.4. The van der Waals surface area contributed by atoms with Crippen LogP contribution in [0.4, 0.5) is 23.2 Å².